The minimum atomic E-state index is 0. The molecule has 0 spiro atoms. The molecule has 0 atom stereocenters. The fourth-order valence-electron chi connectivity index (χ4n) is 0.860. The van der Waals surface area contributed by atoms with Crippen LogP contribution >= 0.6 is 0 Å². The van der Waals surface area contributed by atoms with Crippen molar-refractivity contribution < 1.29 is 20.4 Å². The first-order valence-electron chi connectivity index (χ1n) is 3.58. The van der Waals surface area contributed by atoms with E-state index in [0.29, 0.717) is 0 Å². The monoisotopic (exact) mass is 239 g/mol. The van der Waals surface area contributed by atoms with Gasteiger partial charge in [-0.3, -0.25) is 0 Å². The third-order valence-electron chi connectivity index (χ3n) is 1.52. The van der Waals surface area contributed by atoms with E-state index in [1.165, 1.54) is 5.56 Å². The van der Waals surface area contributed by atoms with Crippen molar-refractivity contribution in [1.82, 2.24) is 0 Å². The topological polar surface area (TPSA) is 0 Å². The van der Waals surface area contributed by atoms with Gasteiger partial charge < -0.3 is 0 Å². The van der Waals surface area contributed by atoms with Crippen molar-refractivity contribution in [3.63, 3.8) is 0 Å². The van der Waals surface area contributed by atoms with Crippen molar-refractivity contribution in [2.75, 3.05) is 0 Å². The first-order chi connectivity index (χ1) is 4.61. The fourth-order valence-corrected chi connectivity index (χ4v) is 0.860. The van der Waals surface area contributed by atoms with Crippen LogP contribution in [0.3, 0.4) is 0 Å². The third-order valence-corrected chi connectivity index (χ3v) is 1.52. The molecular formula is C10H13Pd-. The van der Waals surface area contributed by atoms with E-state index in [1.54, 1.807) is 0 Å². The molecule has 0 saturated heterocycles. The molecule has 0 aliphatic rings. The maximum atomic E-state index is 3.21. The van der Waals surface area contributed by atoms with Crippen LogP contribution < -0.4 is 0 Å². The summed E-state index contributed by atoms with van der Waals surface area (Å²) in [6.45, 7) is 6.58. The Hall–Kier alpha value is -0.118. The van der Waals surface area contributed by atoms with Gasteiger partial charge in [-0.25, -0.2) is 0 Å². The molecule has 0 aliphatic carbocycles. The van der Waals surface area contributed by atoms with Crippen LogP contribution in [0.4, 0.5) is 0 Å². The Morgan fingerprint density at radius 2 is 1.82 bits per heavy atom. The zero-order valence-electron chi connectivity index (χ0n) is 7.13. The van der Waals surface area contributed by atoms with Gasteiger partial charge in [0, 0.05) is 20.4 Å². The van der Waals surface area contributed by atoms with Crippen molar-refractivity contribution >= 4 is 0 Å². The van der Waals surface area contributed by atoms with E-state index in [1.807, 2.05) is 12.1 Å². The number of benzene rings is 1. The second-order valence-corrected chi connectivity index (χ2v) is 3.53. The standard InChI is InChI=1S/C10H13.Pd/c1-10(2,3)9-7-5-4-6-8-9;/h4-7H,1-3H3;/q-1;. The number of hydrogen-bond donors (Lipinski definition) is 0. The molecule has 11 heavy (non-hydrogen) atoms. The van der Waals surface area contributed by atoms with E-state index in [-0.39, 0.29) is 25.8 Å². The average molecular weight is 240 g/mol. The largest absolute Gasteiger partial charge is 0.180 e. The molecule has 0 saturated carbocycles. The number of rotatable bonds is 0. The van der Waals surface area contributed by atoms with Gasteiger partial charge in [0.2, 0.25) is 0 Å². The van der Waals surface area contributed by atoms with Gasteiger partial charge in [0.1, 0.15) is 0 Å². The van der Waals surface area contributed by atoms with Crippen LogP contribution in [-0.2, 0) is 25.8 Å². The Balaban J connectivity index is 0.000001000. The molecule has 1 rings (SSSR count). The zero-order chi connectivity index (χ0) is 7.61. The summed E-state index contributed by atoms with van der Waals surface area (Å²) in [6.07, 6.45) is 0. The molecule has 0 fully saturated rings. The smallest absolute Gasteiger partial charge is 0 e. The van der Waals surface area contributed by atoms with Gasteiger partial charge in [0.05, 0.1) is 0 Å². The van der Waals surface area contributed by atoms with Gasteiger partial charge in [-0.1, -0.05) is 20.8 Å². The van der Waals surface area contributed by atoms with Crippen molar-refractivity contribution in [3.05, 3.63) is 35.9 Å². The summed E-state index contributed by atoms with van der Waals surface area (Å²) in [4.78, 5) is 0. The Morgan fingerprint density at radius 3 is 2.09 bits per heavy atom. The Kier molecular flexibility index (Phi) is 4.00. The van der Waals surface area contributed by atoms with Crippen LogP contribution in [0, 0.1) is 6.07 Å². The molecule has 0 unspecified atom stereocenters. The minimum Gasteiger partial charge on any atom is -0.180 e. The molecule has 0 radical (unpaired) electrons. The van der Waals surface area contributed by atoms with Crippen LogP contribution in [0.25, 0.3) is 0 Å². The fraction of sp³-hybridized carbons (Fsp3) is 0.400. The SMILES string of the molecule is CC(C)(C)c1[c-]cccc1.[Pd]. The quantitative estimate of drug-likeness (QED) is 0.482. The van der Waals surface area contributed by atoms with Crippen LogP contribution in [-0.4, -0.2) is 0 Å². The predicted octanol–water partition coefficient (Wildman–Crippen LogP) is 2.78. The van der Waals surface area contributed by atoms with E-state index in [9.17, 15) is 0 Å². The maximum Gasteiger partial charge on any atom is 0 e. The van der Waals surface area contributed by atoms with E-state index < -0.39 is 0 Å². The Morgan fingerprint density at radius 1 is 1.18 bits per heavy atom. The molecule has 1 aromatic rings. The molecule has 0 heterocycles. The van der Waals surface area contributed by atoms with Crippen molar-refractivity contribution in [1.29, 1.82) is 0 Å². The normalized spacial score (nSPS) is 10.5. The summed E-state index contributed by atoms with van der Waals surface area (Å²) in [6, 6.07) is 11.3. The summed E-state index contributed by atoms with van der Waals surface area (Å²) in [5, 5.41) is 0. The summed E-state index contributed by atoms with van der Waals surface area (Å²) in [5.41, 5.74) is 1.51. The van der Waals surface area contributed by atoms with Gasteiger partial charge in [-0.2, -0.15) is 35.9 Å². The van der Waals surface area contributed by atoms with Crippen molar-refractivity contribution in [3.8, 4) is 0 Å². The Bertz CT molecular complexity index is 196. The molecular weight excluding hydrogens is 227 g/mol. The maximum absolute atomic E-state index is 3.21. The van der Waals surface area contributed by atoms with E-state index in [4.69, 9.17) is 0 Å². The average Bonchev–Trinajstić information content (AvgIpc) is 1.88. The van der Waals surface area contributed by atoms with E-state index >= 15 is 0 Å². The molecule has 1 heteroatoms. The van der Waals surface area contributed by atoms with Gasteiger partial charge in [-0.05, 0) is 5.41 Å². The van der Waals surface area contributed by atoms with E-state index in [0.717, 1.165) is 0 Å². The van der Waals surface area contributed by atoms with Gasteiger partial charge >= 0.3 is 0 Å². The molecule has 0 aromatic heterocycles. The summed E-state index contributed by atoms with van der Waals surface area (Å²) >= 11 is 0. The first-order valence-corrected chi connectivity index (χ1v) is 3.58. The van der Waals surface area contributed by atoms with Crippen LogP contribution in [0.5, 0.6) is 0 Å². The minimum absolute atomic E-state index is 0. The zero-order valence-corrected chi connectivity index (χ0v) is 8.68. The molecule has 0 N–H and O–H groups in total. The summed E-state index contributed by atoms with van der Waals surface area (Å²) in [7, 11) is 0. The van der Waals surface area contributed by atoms with Gasteiger partial charge in [0.15, 0.2) is 0 Å². The first kappa shape index (κ1) is 10.9. The molecule has 1 aromatic carbocycles. The summed E-state index contributed by atoms with van der Waals surface area (Å²) < 4.78 is 0. The van der Waals surface area contributed by atoms with Crippen molar-refractivity contribution in [2.24, 2.45) is 0 Å². The van der Waals surface area contributed by atoms with Gasteiger partial charge in [0.25, 0.3) is 0 Å². The molecule has 0 bridgehead atoms. The second kappa shape index (κ2) is 4.05. The second-order valence-electron chi connectivity index (χ2n) is 3.53. The van der Waals surface area contributed by atoms with Crippen LogP contribution in [0.1, 0.15) is 26.3 Å². The van der Waals surface area contributed by atoms with Crippen LogP contribution in [0.15, 0.2) is 24.3 Å². The molecule has 0 amide bonds. The number of hydrogen-bond acceptors (Lipinski definition) is 0. The third kappa shape index (κ3) is 3.19. The van der Waals surface area contributed by atoms with E-state index in [2.05, 4.69) is 39.0 Å². The predicted molar refractivity (Wildman–Crippen MR) is 44.0 cm³/mol. The van der Waals surface area contributed by atoms with Gasteiger partial charge in [-0.15, -0.1) is 0 Å². The molecule has 0 nitrogen and oxygen atoms in total. The van der Waals surface area contributed by atoms with Crippen molar-refractivity contribution in [2.45, 2.75) is 26.2 Å². The molecule has 0 aliphatic heterocycles. The summed E-state index contributed by atoms with van der Waals surface area (Å²) in [5.74, 6) is 0. The Labute approximate surface area is 82.7 Å². The van der Waals surface area contributed by atoms with Crippen LogP contribution in [0.2, 0.25) is 0 Å². The molecule has 64 valence electrons.